The Bertz CT molecular complexity index is 844. The van der Waals surface area contributed by atoms with Gasteiger partial charge in [0.05, 0.1) is 12.7 Å². The summed E-state index contributed by atoms with van der Waals surface area (Å²) in [5, 5.41) is 11.4. The summed E-state index contributed by atoms with van der Waals surface area (Å²) in [7, 11) is 0. The third-order valence-corrected chi connectivity index (χ3v) is 3.86. The summed E-state index contributed by atoms with van der Waals surface area (Å²) in [6.45, 7) is 2.91. The molecule has 0 unspecified atom stereocenters. The molecular formula is C17H16ClN5O. The molecule has 0 atom stereocenters. The summed E-state index contributed by atoms with van der Waals surface area (Å²) in [6, 6.07) is 9.34. The molecule has 0 aliphatic carbocycles. The van der Waals surface area contributed by atoms with Gasteiger partial charge in [0.2, 0.25) is 0 Å². The van der Waals surface area contributed by atoms with E-state index in [1.807, 2.05) is 37.3 Å². The summed E-state index contributed by atoms with van der Waals surface area (Å²) in [6.07, 6.45) is 5.10. The Labute approximate surface area is 144 Å². The monoisotopic (exact) mass is 341 g/mol. The maximum Gasteiger partial charge on any atom is 0.273 e. The van der Waals surface area contributed by atoms with Crippen LogP contribution in [0.1, 0.15) is 27.2 Å². The van der Waals surface area contributed by atoms with Gasteiger partial charge in [-0.15, -0.1) is 5.10 Å². The average molecular weight is 342 g/mol. The van der Waals surface area contributed by atoms with E-state index in [0.29, 0.717) is 18.1 Å². The molecule has 2 heterocycles. The van der Waals surface area contributed by atoms with Gasteiger partial charge in [0.25, 0.3) is 5.91 Å². The molecule has 1 aromatic carbocycles. The van der Waals surface area contributed by atoms with Crippen LogP contribution in [0.5, 0.6) is 0 Å². The number of rotatable bonds is 5. The summed E-state index contributed by atoms with van der Waals surface area (Å²) >= 11 is 5.87. The molecular weight excluding hydrogens is 326 g/mol. The fraction of sp³-hybridized carbons (Fsp3) is 0.176. The van der Waals surface area contributed by atoms with Crippen LogP contribution in [0.4, 0.5) is 0 Å². The largest absolute Gasteiger partial charge is 0.347 e. The van der Waals surface area contributed by atoms with Crippen LogP contribution in [0, 0.1) is 6.92 Å². The van der Waals surface area contributed by atoms with Gasteiger partial charge >= 0.3 is 0 Å². The van der Waals surface area contributed by atoms with Gasteiger partial charge < -0.3 is 5.32 Å². The van der Waals surface area contributed by atoms with Crippen molar-refractivity contribution >= 4 is 17.5 Å². The first-order valence-corrected chi connectivity index (χ1v) is 7.82. The van der Waals surface area contributed by atoms with Crippen LogP contribution in [-0.4, -0.2) is 25.9 Å². The van der Waals surface area contributed by atoms with Gasteiger partial charge in [-0.3, -0.25) is 9.78 Å². The van der Waals surface area contributed by atoms with Gasteiger partial charge in [0.15, 0.2) is 5.69 Å². The fourth-order valence-electron chi connectivity index (χ4n) is 2.22. The van der Waals surface area contributed by atoms with Crippen molar-refractivity contribution in [2.75, 3.05) is 0 Å². The first kappa shape index (κ1) is 16.1. The predicted molar refractivity (Wildman–Crippen MR) is 90.7 cm³/mol. The van der Waals surface area contributed by atoms with Gasteiger partial charge in [-0.05, 0) is 41.8 Å². The zero-order valence-electron chi connectivity index (χ0n) is 13.1. The molecule has 0 saturated carbocycles. The molecule has 1 amide bonds. The lowest BCUT2D eigenvalue weighted by molar-refractivity contribution is 0.0946. The van der Waals surface area contributed by atoms with Crippen molar-refractivity contribution in [2.45, 2.75) is 20.0 Å². The quantitative estimate of drug-likeness (QED) is 0.774. The van der Waals surface area contributed by atoms with Gasteiger partial charge in [-0.1, -0.05) is 28.9 Å². The normalized spacial score (nSPS) is 10.6. The van der Waals surface area contributed by atoms with Crippen molar-refractivity contribution in [1.29, 1.82) is 0 Å². The Morgan fingerprint density at radius 1 is 1.25 bits per heavy atom. The molecule has 2 aromatic heterocycles. The van der Waals surface area contributed by atoms with Gasteiger partial charge in [0.1, 0.15) is 0 Å². The van der Waals surface area contributed by atoms with Crippen molar-refractivity contribution in [2.24, 2.45) is 0 Å². The standard InChI is InChI=1S/C17H16ClN5O/c1-12-8-19-7-6-14(12)9-20-17(24)16-11-23(22-21-16)10-13-2-4-15(18)5-3-13/h2-8,11H,9-10H2,1H3,(H,20,24). The van der Waals surface area contributed by atoms with Crippen LogP contribution in [0.25, 0.3) is 0 Å². The highest BCUT2D eigenvalue weighted by Gasteiger charge is 2.11. The smallest absolute Gasteiger partial charge is 0.273 e. The first-order chi connectivity index (χ1) is 11.6. The lowest BCUT2D eigenvalue weighted by atomic mass is 10.1. The van der Waals surface area contributed by atoms with Crippen LogP contribution in [0.3, 0.4) is 0 Å². The summed E-state index contributed by atoms with van der Waals surface area (Å²) in [4.78, 5) is 16.2. The van der Waals surface area contributed by atoms with E-state index in [9.17, 15) is 4.79 Å². The van der Waals surface area contributed by atoms with Crippen molar-refractivity contribution in [3.05, 3.63) is 76.3 Å². The molecule has 0 bridgehead atoms. The average Bonchev–Trinajstić information content (AvgIpc) is 3.05. The van der Waals surface area contributed by atoms with Gasteiger partial charge in [0, 0.05) is 24.0 Å². The number of nitrogens with zero attached hydrogens (tertiary/aromatic N) is 4. The topological polar surface area (TPSA) is 72.7 Å². The van der Waals surface area contributed by atoms with Crippen LogP contribution < -0.4 is 5.32 Å². The first-order valence-electron chi connectivity index (χ1n) is 7.44. The highest BCUT2D eigenvalue weighted by atomic mass is 35.5. The maximum atomic E-state index is 12.2. The van der Waals surface area contributed by atoms with Crippen LogP contribution >= 0.6 is 11.6 Å². The second-order valence-corrected chi connectivity index (χ2v) is 5.85. The summed E-state index contributed by atoms with van der Waals surface area (Å²) in [5.74, 6) is -0.256. The number of nitrogens with one attached hydrogen (secondary N) is 1. The van der Waals surface area contributed by atoms with E-state index in [1.54, 1.807) is 23.3 Å². The van der Waals surface area contributed by atoms with Crippen LogP contribution in [0.15, 0.2) is 48.9 Å². The Hall–Kier alpha value is -2.73. The number of carbonyl (C=O) groups is 1. The molecule has 1 N–H and O–H groups in total. The van der Waals surface area contributed by atoms with E-state index in [2.05, 4.69) is 20.6 Å². The molecule has 6 nitrogen and oxygen atoms in total. The van der Waals surface area contributed by atoms with E-state index in [-0.39, 0.29) is 11.6 Å². The SMILES string of the molecule is Cc1cnccc1CNC(=O)c1cn(Cc2ccc(Cl)cc2)nn1. The third-order valence-electron chi connectivity index (χ3n) is 3.60. The van der Waals surface area contributed by atoms with E-state index in [0.717, 1.165) is 16.7 Å². The number of carbonyl (C=O) groups excluding carboxylic acids is 1. The Morgan fingerprint density at radius 2 is 2.04 bits per heavy atom. The lowest BCUT2D eigenvalue weighted by Gasteiger charge is -2.05. The highest BCUT2D eigenvalue weighted by molar-refractivity contribution is 6.30. The van der Waals surface area contributed by atoms with Crippen molar-refractivity contribution in [3.63, 3.8) is 0 Å². The summed E-state index contributed by atoms with van der Waals surface area (Å²) < 4.78 is 1.62. The Kier molecular flexibility index (Phi) is 4.86. The number of aromatic nitrogens is 4. The number of benzene rings is 1. The Morgan fingerprint density at radius 3 is 2.79 bits per heavy atom. The zero-order chi connectivity index (χ0) is 16.9. The van der Waals surface area contributed by atoms with Gasteiger partial charge in [-0.2, -0.15) is 0 Å². The number of pyridine rings is 1. The predicted octanol–water partition coefficient (Wildman–Crippen LogP) is 2.61. The molecule has 0 radical (unpaired) electrons. The molecule has 0 saturated heterocycles. The number of aryl methyl sites for hydroxylation is 1. The van der Waals surface area contributed by atoms with E-state index < -0.39 is 0 Å². The number of hydrogen-bond acceptors (Lipinski definition) is 4. The fourth-order valence-corrected chi connectivity index (χ4v) is 2.35. The summed E-state index contributed by atoms with van der Waals surface area (Å²) in [5.41, 5.74) is 3.37. The minimum Gasteiger partial charge on any atom is -0.347 e. The lowest BCUT2D eigenvalue weighted by Crippen LogP contribution is -2.23. The number of hydrogen-bond donors (Lipinski definition) is 1. The molecule has 3 rings (SSSR count). The van der Waals surface area contributed by atoms with Crippen molar-refractivity contribution in [3.8, 4) is 0 Å². The third kappa shape index (κ3) is 3.97. The number of halogens is 1. The molecule has 24 heavy (non-hydrogen) atoms. The van der Waals surface area contributed by atoms with Crippen molar-refractivity contribution in [1.82, 2.24) is 25.3 Å². The van der Waals surface area contributed by atoms with E-state index in [1.165, 1.54) is 0 Å². The van der Waals surface area contributed by atoms with E-state index >= 15 is 0 Å². The Balaban J connectivity index is 1.61. The maximum absolute atomic E-state index is 12.2. The van der Waals surface area contributed by atoms with Gasteiger partial charge in [-0.25, -0.2) is 4.68 Å². The zero-order valence-corrected chi connectivity index (χ0v) is 13.9. The van der Waals surface area contributed by atoms with Crippen molar-refractivity contribution < 1.29 is 4.79 Å². The second-order valence-electron chi connectivity index (χ2n) is 5.41. The second kappa shape index (κ2) is 7.23. The van der Waals surface area contributed by atoms with Crippen LogP contribution in [0.2, 0.25) is 5.02 Å². The molecule has 0 fully saturated rings. The molecule has 7 heteroatoms. The molecule has 0 aliphatic rings. The molecule has 0 aliphatic heterocycles. The molecule has 3 aromatic rings. The minimum atomic E-state index is -0.256. The van der Waals surface area contributed by atoms with E-state index in [4.69, 9.17) is 11.6 Å². The highest BCUT2D eigenvalue weighted by Crippen LogP contribution is 2.10. The number of amides is 1. The molecule has 122 valence electrons. The van der Waals surface area contributed by atoms with Crippen LogP contribution in [-0.2, 0) is 13.1 Å². The minimum absolute atomic E-state index is 0.256. The molecule has 0 spiro atoms.